The molecule has 1 aromatic carbocycles. The highest BCUT2D eigenvalue weighted by atomic mass is 16.7. The molecule has 0 atom stereocenters. The van der Waals surface area contributed by atoms with Crippen molar-refractivity contribution >= 4 is 11.7 Å². The normalized spacial score (nSPS) is 10.4. The number of anilines is 1. The molecule has 0 fully saturated rings. The Labute approximate surface area is 133 Å². The first kappa shape index (κ1) is 16.6. The lowest BCUT2D eigenvalue weighted by molar-refractivity contribution is 0.0504. The molecule has 8 nitrogen and oxygen atoms in total. The van der Waals surface area contributed by atoms with Crippen LogP contribution in [0.1, 0.15) is 21.6 Å². The highest BCUT2D eigenvalue weighted by molar-refractivity contribution is 5.98. The average Bonchev–Trinajstić information content (AvgIpc) is 2.92. The number of hydrogen-bond donors (Lipinski definition) is 3. The Morgan fingerprint density at radius 2 is 2.17 bits per heavy atom. The fourth-order valence-electron chi connectivity index (χ4n) is 2.12. The van der Waals surface area contributed by atoms with E-state index in [0.717, 1.165) is 5.56 Å². The molecule has 23 heavy (non-hydrogen) atoms. The smallest absolute Gasteiger partial charge is 0.254 e. The molecule has 0 radical (unpaired) electrons. The van der Waals surface area contributed by atoms with Crippen molar-refractivity contribution in [3.8, 4) is 11.5 Å². The minimum atomic E-state index is -0.541. The molecule has 0 saturated heterocycles. The number of nitrogens with two attached hydrogens (primary N) is 1. The Morgan fingerprint density at radius 3 is 2.83 bits per heavy atom. The van der Waals surface area contributed by atoms with Gasteiger partial charge in [0.05, 0.1) is 7.11 Å². The first-order valence-electron chi connectivity index (χ1n) is 6.94. The number of carbonyl (C=O) groups is 1. The van der Waals surface area contributed by atoms with Gasteiger partial charge in [-0.15, -0.1) is 0 Å². The maximum atomic E-state index is 11.5. The number of aromatic nitrogens is 2. The van der Waals surface area contributed by atoms with E-state index in [1.54, 1.807) is 33.3 Å². The molecular weight excluding hydrogens is 300 g/mol. The number of nitrogens with one attached hydrogen (secondary N) is 2. The zero-order chi connectivity index (χ0) is 16.8. The second-order valence-corrected chi connectivity index (χ2v) is 4.81. The van der Waals surface area contributed by atoms with E-state index in [1.807, 2.05) is 6.07 Å². The number of H-pyrrole nitrogens is 1. The van der Waals surface area contributed by atoms with Crippen LogP contribution in [0.3, 0.4) is 0 Å². The maximum absolute atomic E-state index is 11.5. The SMILES string of the molecule is COCOc1ccc(OC)cc1CNc1n[nH]c(C)c1C(N)=O. The fraction of sp³-hybridized carbons (Fsp3) is 0.333. The van der Waals surface area contributed by atoms with Crippen molar-refractivity contribution in [2.24, 2.45) is 5.73 Å². The van der Waals surface area contributed by atoms with Crippen LogP contribution in [0.15, 0.2) is 18.2 Å². The molecule has 0 bridgehead atoms. The molecule has 4 N–H and O–H groups in total. The first-order chi connectivity index (χ1) is 11.1. The molecule has 2 aromatic rings. The number of amides is 1. The van der Waals surface area contributed by atoms with Crippen molar-refractivity contribution in [3.63, 3.8) is 0 Å². The lowest BCUT2D eigenvalue weighted by Crippen LogP contribution is -2.14. The quantitative estimate of drug-likeness (QED) is 0.634. The van der Waals surface area contributed by atoms with Gasteiger partial charge in [-0.3, -0.25) is 9.89 Å². The summed E-state index contributed by atoms with van der Waals surface area (Å²) >= 11 is 0. The van der Waals surface area contributed by atoms with Crippen molar-refractivity contribution in [3.05, 3.63) is 35.0 Å². The van der Waals surface area contributed by atoms with E-state index in [1.165, 1.54) is 0 Å². The van der Waals surface area contributed by atoms with Crippen LogP contribution in [-0.2, 0) is 11.3 Å². The molecule has 0 aliphatic rings. The second kappa shape index (κ2) is 7.50. The lowest BCUT2D eigenvalue weighted by Gasteiger charge is -2.13. The summed E-state index contributed by atoms with van der Waals surface area (Å²) < 4.78 is 15.7. The van der Waals surface area contributed by atoms with Crippen molar-refractivity contribution in [2.75, 3.05) is 26.3 Å². The van der Waals surface area contributed by atoms with E-state index in [2.05, 4.69) is 15.5 Å². The molecule has 1 heterocycles. The van der Waals surface area contributed by atoms with Gasteiger partial charge in [-0.25, -0.2) is 0 Å². The Bertz CT molecular complexity index is 684. The van der Waals surface area contributed by atoms with Gasteiger partial charge in [0, 0.05) is 24.9 Å². The molecule has 2 rings (SSSR count). The highest BCUT2D eigenvalue weighted by Gasteiger charge is 2.16. The van der Waals surface area contributed by atoms with Crippen LogP contribution in [0.4, 0.5) is 5.82 Å². The molecule has 0 spiro atoms. The van der Waals surface area contributed by atoms with Gasteiger partial charge >= 0.3 is 0 Å². The Balaban J connectivity index is 2.20. The van der Waals surface area contributed by atoms with Gasteiger partial charge < -0.3 is 25.3 Å². The van der Waals surface area contributed by atoms with Crippen molar-refractivity contribution < 1.29 is 19.0 Å². The highest BCUT2D eigenvalue weighted by Crippen LogP contribution is 2.26. The predicted octanol–water partition coefficient (Wildman–Crippen LogP) is 1.42. The van der Waals surface area contributed by atoms with Gasteiger partial charge in [-0.05, 0) is 25.1 Å². The van der Waals surface area contributed by atoms with Gasteiger partial charge in [0.2, 0.25) is 0 Å². The van der Waals surface area contributed by atoms with E-state index in [9.17, 15) is 4.79 Å². The molecule has 0 unspecified atom stereocenters. The number of nitrogens with zero attached hydrogens (tertiary/aromatic N) is 1. The van der Waals surface area contributed by atoms with Crippen LogP contribution in [0.25, 0.3) is 0 Å². The van der Waals surface area contributed by atoms with Crippen molar-refractivity contribution in [1.29, 1.82) is 0 Å². The largest absolute Gasteiger partial charge is 0.497 e. The Kier molecular flexibility index (Phi) is 5.42. The molecule has 1 aromatic heterocycles. The number of benzene rings is 1. The fourth-order valence-corrected chi connectivity index (χ4v) is 2.12. The van der Waals surface area contributed by atoms with Gasteiger partial charge in [-0.1, -0.05) is 0 Å². The monoisotopic (exact) mass is 320 g/mol. The van der Waals surface area contributed by atoms with Crippen molar-refractivity contribution in [1.82, 2.24) is 10.2 Å². The summed E-state index contributed by atoms with van der Waals surface area (Å²) in [7, 11) is 3.14. The number of hydrogen-bond acceptors (Lipinski definition) is 6. The summed E-state index contributed by atoms with van der Waals surface area (Å²) in [6.07, 6.45) is 0. The topological polar surface area (TPSA) is 111 Å². The van der Waals surface area contributed by atoms with Gasteiger partial charge in [-0.2, -0.15) is 5.10 Å². The first-order valence-corrected chi connectivity index (χ1v) is 6.94. The minimum Gasteiger partial charge on any atom is -0.497 e. The number of aromatic amines is 1. The number of methoxy groups -OCH3 is 2. The molecule has 0 aliphatic carbocycles. The van der Waals surface area contributed by atoms with Gasteiger partial charge in [0.25, 0.3) is 5.91 Å². The summed E-state index contributed by atoms with van der Waals surface area (Å²) in [5, 5.41) is 9.87. The van der Waals surface area contributed by atoms with E-state index in [4.69, 9.17) is 19.9 Å². The van der Waals surface area contributed by atoms with Crippen LogP contribution in [-0.4, -0.2) is 37.1 Å². The van der Waals surface area contributed by atoms with Crippen LogP contribution in [0.5, 0.6) is 11.5 Å². The van der Waals surface area contributed by atoms with Gasteiger partial charge in [0.15, 0.2) is 12.6 Å². The summed E-state index contributed by atoms with van der Waals surface area (Å²) in [5.74, 6) is 1.20. The third kappa shape index (κ3) is 3.92. The van der Waals surface area contributed by atoms with Crippen molar-refractivity contribution in [2.45, 2.75) is 13.5 Å². The molecule has 0 aliphatic heterocycles. The second-order valence-electron chi connectivity index (χ2n) is 4.81. The Morgan fingerprint density at radius 1 is 1.39 bits per heavy atom. The maximum Gasteiger partial charge on any atom is 0.254 e. The lowest BCUT2D eigenvalue weighted by atomic mass is 10.1. The van der Waals surface area contributed by atoms with E-state index >= 15 is 0 Å². The van der Waals surface area contributed by atoms with Crippen LogP contribution >= 0.6 is 0 Å². The van der Waals surface area contributed by atoms with E-state index in [0.29, 0.717) is 35.1 Å². The summed E-state index contributed by atoms with van der Waals surface area (Å²) in [6.45, 7) is 2.24. The molecular formula is C15H20N4O4. The average molecular weight is 320 g/mol. The summed E-state index contributed by atoms with van der Waals surface area (Å²) in [6, 6.07) is 5.42. The Hall–Kier alpha value is -2.74. The number of rotatable bonds is 8. The van der Waals surface area contributed by atoms with E-state index < -0.39 is 5.91 Å². The van der Waals surface area contributed by atoms with Gasteiger partial charge in [0.1, 0.15) is 17.1 Å². The minimum absolute atomic E-state index is 0.132. The van der Waals surface area contributed by atoms with Crippen LogP contribution < -0.4 is 20.5 Å². The standard InChI is InChI=1S/C15H20N4O4/c1-9-13(14(16)20)15(19-18-9)17-7-10-6-11(22-3)4-5-12(10)23-8-21-2/h4-6H,7-8H2,1-3H3,(H2,16,20)(H2,17,18,19). The number of primary amides is 1. The van der Waals surface area contributed by atoms with Crippen LogP contribution in [0.2, 0.25) is 0 Å². The third-order valence-corrected chi connectivity index (χ3v) is 3.24. The number of aryl methyl sites for hydroxylation is 1. The molecule has 1 amide bonds. The third-order valence-electron chi connectivity index (χ3n) is 3.24. The number of ether oxygens (including phenoxy) is 3. The zero-order valence-electron chi connectivity index (χ0n) is 13.3. The zero-order valence-corrected chi connectivity index (χ0v) is 13.3. The van der Waals surface area contributed by atoms with E-state index in [-0.39, 0.29) is 6.79 Å². The molecule has 8 heteroatoms. The molecule has 124 valence electrons. The predicted molar refractivity (Wildman–Crippen MR) is 84.7 cm³/mol. The summed E-state index contributed by atoms with van der Waals surface area (Å²) in [4.78, 5) is 11.5. The molecule has 0 saturated carbocycles. The summed E-state index contributed by atoms with van der Waals surface area (Å²) in [5.41, 5.74) is 7.15. The number of carbonyl (C=O) groups excluding carboxylic acids is 1. The van der Waals surface area contributed by atoms with Crippen LogP contribution in [0, 0.1) is 6.92 Å².